The lowest BCUT2D eigenvalue weighted by atomic mass is 9.88. The summed E-state index contributed by atoms with van der Waals surface area (Å²) in [6.07, 6.45) is 5.34. The van der Waals surface area contributed by atoms with E-state index in [0.29, 0.717) is 17.1 Å². The van der Waals surface area contributed by atoms with Crippen LogP contribution in [0.15, 0.2) is 45.3 Å². The molecule has 0 bridgehead atoms. The SMILES string of the molecule is Cc1cc(Br)cc(Br)c1OCC(=O)Nc1cccc(NC(=O)C2CCCCC2)c1. The van der Waals surface area contributed by atoms with E-state index in [1.165, 1.54) is 6.42 Å². The molecular formula is C22H24Br2N2O3. The second kappa shape index (κ2) is 10.3. The maximum absolute atomic E-state index is 12.4. The van der Waals surface area contributed by atoms with Crippen LogP contribution in [0.1, 0.15) is 37.7 Å². The molecule has 0 atom stereocenters. The second-order valence-corrected chi connectivity index (χ2v) is 9.05. The molecule has 7 heteroatoms. The molecule has 0 radical (unpaired) electrons. The van der Waals surface area contributed by atoms with Crippen LogP contribution in [-0.4, -0.2) is 18.4 Å². The fraction of sp³-hybridized carbons (Fsp3) is 0.364. The zero-order chi connectivity index (χ0) is 20.8. The van der Waals surface area contributed by atoms with Crippen LogP contribution in [-0.2, 0) is 9.59 Å². The van der Waals surface area contributed by atoms with Gasteiger partial charge in [0, 0.05) is 21.8 Å². The lowest BCUT2D eigenvalue weighted by Crippen LogP contribution is -2.25. The number of carbonyl (C=O) groups excluding carboxylic acids is 2. The first-order valence-corrected chi connectivity index (χ1v) is 11.3. The minimum absolute atomic E-state index is 0.0621. The second-order valence-electron chi connectivity index (χ2n) is 7.28. The van der Waals surface area contributed by atoms with Crippen molar-refractivity contribution in [1.82, 2.24) is 0 Å². The van der Waals surface area contributed by atoms with Crippen molar-refractivity contribution in [1.29, 1.82) is 0 Å². The molecule has 0 spiro atoms. The molecule has 0 saturated heterocycles. The molecule has 2 N–H and O–H groups in total. The average Bonchev–Trinajstić information content (AvgIpc) is 2.68. The smallest absolute Gasteiger partial charge is 0.262 e. The van der Waals surface area contributed by atoms with Gasteiger partial charge in [0.1, 0.15) is 5.75 Å². The monoisotopic (exact) mass is 522 g/mol. The van der Waals surface area contributed by atoms with Crippen molar-refractivity contribution in [3.05, 3.63) is 50.9 Å². The minimum Gasteiger partial charge on any atom is -0.482 e. The fourth-order valence-corrected chi connectivity index (χ4v) is 5.04. The number of carbonyl (C=O) groups is 2. The Hall–Kier alpha value is -1.86. The van der Waals surface area contributed by atoms with Crippen LogP contribution in [0.5, 0.6) is 5.75 Å². The van der Waals surface area contributed by atoms with Crippen LogP contribution >= 0.6 is 31.9 Å². The Morgan fingerprint density at radius 2 is 1.72 bits per heavy atom. The van der Waals surface area contributed by atoms with Crippen molar-refractivity contribution >= 4 is 55.0 Å². The number of benzene rings is 2. The van der Waals surface area contributed by atoms with Gasteiger partial charge in [-0.05, 0) is 71.6 Å². The Kier molecular flexibility index (Phi) is 7.72. The molecule has 0 unspecified atom stereocenters. The highest BCUT2D eigenvalue weighted by molar-refractivity contribution is 9.11. The Morgan fingerprint density at radius 3 is 2.41 bits per heavy atom. The number of ether oxygens (including phenoxy) is 1. The summed E-state index contributed by atoms with van der Waals surface area (Å²) in [6, 6.07) is 11.0. The molecular weight excluding hydrogens is 500 g/mol. The number of anilines is 2. The van der Waals surface area contributed by atoms with Crippen LogP contribution in [0, 0.1) is 12.8 Å². The zero-order valence-corrected chi connectivity index (χ0v) is 19.4. The molecule has 2 amide bonds. The standard InChI is InChI=1S/C22H24Br2N2O3/c1-14-10-16(23)11-19(24)21(14)29-13-20(27)25-17-8-5-9-18(12-17)26-22(28)15-6-3-2-4-7-15/h5,8-12,15H,2-4,6-7,13H2,1H3,(H,25,27)(H,26,28). The fourth-order valence-electron chi connectivity index (χ4n) is 3.49. The lowest BCUT2D eigenvalue weighted by molar-refractivity contribution is -0.120. The Morgan fingerprint density at radius 1 is 1.03 bits per heavy atom. The van der Waals surface area contributed by atoms with Crippen molar-refractivity contribution in [3.63, 3.8) is 0 Å². The van der Waals surface area contributed by atoms with Gasteiger partial charge in [0.25, 0.3) is 5.91 Å². The average molecular weight is 524 g/mol. The Labute approximate surface area is 187 Å². The maximum Gasteiger partial charge on any atom is 0.262 e. The van der Waals surface area contributed by atoms with Crippen molar-refractivity contribution in [2.75, 3.05) is 17.2 Å². The first-order chi connectivity index (χ1) is 13.9. The van der Waals surface area contributed by atoms with Gasteiger partial charge in [-0.15, -0.1) is 0 Å². The molecule has 0 aromatic heterocycles. The third kappa shape index (κ3) is 6.31. The van der Waals surface area contributed by atoms with E-state index in [2.05, 4.69) is 42.5 Å². The normalized spacial score (nSPS) is 14.3. The molecule has 1 aliphatic carbocycles. The number of rotatable bonds is 6. The van der Waals surface area contributed by atoms with Gasteiger partial charge in [-0.1, -0.05) is 41.3 Å². The summed E-state index contributed by atoms with van der Waals surface area (Å²) >= 11 is 6.88. The van der Waals surface area contributed by atoms with Gasteiger partial charge < -0.3 is 15.4 Å². The van der Waals surface area contributed by atoms with E-state index in [1.54, 1.807) is 12.1 Å². The van der Waals surface area contributed by atoms with E-state index in [9.17, 15) is 9.59 Å². The van der Waals surface area contributed by atoms with Gasteiger partial charge >= 0.3 is 0 Å². The summed E-state index contributed by atoms with van der Waals surface area (Å²) in [5.74, 6) is 0.516. The largest absolute Gasteiger partial charge is 0.482 e. The lowest BCUT2D eigenvalue weighted by Gasteiger charge is -2.20. The molecule has 1 aliphatic rings. The molecule has 1 saturated carbocycles. The highest BCUT2D eigenvalue weighted by atomic mass is 79.9. The predicted molar refractivity (Wildman–Crippen MR) is 122 cm³/mol. The summed E-state index contributed by atoms with van der Waals surface area (Å²) in [5, 5.41) is 5.79. The van der Waals surface area contributed by atoms with E-state index in [-0.39, 0.29) is 24.3 Å². The summed E-state index contributed by atoms with van der Waals surface area (Å²) in [4.78, 5) is 24.7. The van der Waals surface area contributed by atoms with E-state index in [4.69, 9.17) is 4.74 Å². The van der Waals surface area contributed by atoms with Crippen molar-refractivity contribution in [2.45, 2.75) is 39.0 Å². The third-order valence-electron chi connectivity index (χ3n) is 4.93. The summed E-state index contributed by atoms with van der Waals surface area (Å²) in [7, 11) is 0. The number of hydrogen-bond donors (Lipinski definition) is 2. The Balaban J connectivity index is 1.55. The molecule has 2 aromatic rings. The molecule has 2 aromatic carbocycles. The van der Waals surface area contributed by atoms with Crippen LogP contribution in [0.25, 0.3) is 0 Å². The number of amides is 2. The summed E-state index contributed by atoms with van der Waals surface area (Å²) in [6.45, 7) is 1.81. The highest BCUT2D eigenvalue weighted by Gasteiger charge is 2.21. The number of nitrogens with one attached hydrogen (secondary N) is 2. The quantitative estimate of drug-likeness (QED) is 0.483. The van der Waals surface area contributed by atoms with Crippen LogP contribution in [0.3, 0.4) is 0 Å². The topological polar surface area (TPSA) is 67.4 Å². The number of aryl methyl sites for hydroxylation is 1. The van der Waals surface area contributed by atoms with Gasteiger partial charge in [0.15, 0.2) is 6.61 Å². The first-order valence-electron chi connectivity index (χ1n) is 9.71. The van der Waals surface area contributed by atoms with E-state index < -0.39 is 0 Å². The van der Waals surface area contributed by atoms with Gasteiger partial charge in [0.2, 0.25) is 5.91 Å². The molecule has 1 fully saturated rings. The summed E-state index contributed by atoms with van der Waals surface area (Å²) in [5.41, 5.74) is 2.23. The molecule has 154 valence electrons. The highest BCUT2D eigenvalue weighted by Crippen LogP contribution is 2.32. The molecule has 0 heterocycles. The van der Waals surface area contributed by atoms with Gasteiger partial charge in [-0.25, -0.2) is 0 Å². The number of hydrogen-bond acceptors (Lipinski definition) is 3. The summed E-state index contributed by atoms with van der Waals surface area (Å²) < 4.78 is 7.40. The molecule has 0 aliphatic heterocycles. The molecule has 29 heavy (non-hydrogen) atoms. The van der Waals surface area contributed by atoms with Crippen LogP contribution in [0.4, 0.5) is 11.4 Å². The van der Waals surface area contributed by atoms with Crippen molar-refractivity contribution < 1.29 is 14.3 Å². The maximum atomic E-state index is 12.4. The van der Waals surface area contributed by atoms with Gasteiger partial charge in [-0.3, -0.25) is 9.59 Å². The first kappa shape index (κ1) is 21.8. The van der Waals surface area contributed by atoms with Crippen LogP contribution in [0.2, 0.25) is 0 Å². The van der Waals surface area contributed by atoms with Gasteiger partial charge in [-0.2, -0.15) is 0 Å². The number of halogens is 2. The predicted octanol–water partition coefficient (Wildman–Crippen LogP) is 6.06. The van der Waals surface area contributed by atoms with Gasteiger partial charge in [0.05, 0.1) is 4.47 Å². The van der Waals surface area contributed by atoms with E-state index in [1.807, 2.05) is 31.2 Å². The van der Waals surface area contributed by atoms with E-state index >= 15 is 0 Å². The van der Waals surface area contributed by atoms with Crippen molar-refractivity contribution in [2.24, 2.45) is 5.92 Å². The zero-order valence-electron chi connectivity index (χ0n) is 16.3. The molecule has 3 rings (SSSR count). The minimum atomic E-state index is -0.269. The van der Waals surface area contributed by atoms with Crippen molar-refractivity contribution in [3.8, 4) is 5.75 Å². The van der Waals surface area contributed by atoms with E-state index in [0.717, 1.165) is 40.2 Å². The molecule has 5 nitrogen and oxygen atoms in total. The Bertz CT molecular complexity index is 872. The van der Waals surface area contributed by atoms with Crippen LogP contribution < -0.4 is 15.4 Å². The third-order valence-corrected chi connectivity index (χ3v) is 5.98.